The number of halogens is 2. The molecule has 0 aliphatic rings. The van der Waals surface area contributed by atoms with Gasteiger partial charge in [0.2, 0.25) is 5.82 Å². The minimum atomic E-state index is -0.635. The standard InChI is InChI=1S/C14H7F2N5O/c15-9-1-2-11(16)10(6-9)14-18-13(20-22-14)8-3-4-21-7-17-19-12(21)5-8/h1-7H. The molecule has 0 unspecified atom stereocenters. The zero-order valence-corrected chi connectivity index (χ0v) is 10.9. The van der Waals surface area contributed by atoms with Gasteiger partial charge in [0.1, 0.15) is 18.0 Å². The van der Waals surface area contributed by atoms with Crippen LogP contribution in [0, 0.1) is 11.6 Å². The summed E-state index contributed by atoms with van der Waals surface area (Å²) < 4.78 is 33.7. The second-order valence-electron chi connectivity index (χ2n) is 4.56. The van der Waals surface area contributed by atoms with E-state index in [2.05, 4.69) is 20.3 Å². The molecule has 0 N–H and O–H groups in total. The molecular formula is C14H7F2N5O. The van der Waals surface area contributed by atoms with Crippen molar-refractivity contribution < 1.29 is 13.3 Å². The van der Waals surface area contributed by atoms with Crippen LogP contribution in [0.1, 0.15) is 0 Å². The molecule has 1 aromatic carbocycles. The number of nitrogens with zero attached hydrogens (tertiary/aromatic N) is 5. The second kappa shape index (κ2) is 4.69. The fraction of sp³-hybridized carbons (Fsp3) is 0. The van der Waals surface area contributed by atoms with Crippen LogP contribution < -0.4 is 0 Å². The molecule has 8 heteroatoms. The molecule has 0 radical (unpaired) electrons. The Kier molecular flexibility index (Phi) is 2.68. The molecule has 0 fully saturated rings. The Labute approximate surface area is 122 Å². The van der Waals surface area contributed by atoms with Crippen molar-refractivity contribution in [2.45, 2.75) is 0 Å². The normalized spacial score (nSPS) is 11.2. The van der Waals surface area contributed by atoms with Crippen LogP contribution in [0.2, 0.25) is 0 Å². The number of fused-ring (bicyclic) bond motifs is 1. The molecule has 0 amide bonds. The summed E-state index contributed by atoms with van der Waals surface area (Å²) in [6.07, 6.45) is 3.30. The molecule has 0 saturated carbocycles. The molecule has 6 nitrogen and oxygen atoms in total. The molecule has 3 aromatic heterocycles. The third-order valence-corrected chi connectivity index (χ3v) is 3.14. The molecular weight excluding hydrogens is 292 g/mol. The topological polar surface area (TPSA) is 69.1 Å². The maximum atomic E-state index is 13.7. The maximum absolute atomic E-state index is 13.7. The number of rotatable bonds is 2. The number of hydrogen-bond donors (Lipinski definition) is 0. The zero-order chi connectivity index (χ0) is 15.1. The Morgan fingerprint density at radius 2 is 2.00 bits per heavy atom. The van der Waals surface area contributed by atoms with E-state index in [9.17, 15) is 8.78 Å². The fourth-order valence-corrected chi connectivity index (χ4v) is 2.07. The summed E-state index contributed by atoms with van der Waals surface area (Å²) in [5.74, 6) is -1.05. The van der Waals surface area contributed by atoms with Gasteiger partial charge in [-0.2, -0.15) is 4.98 Å². The van der Waals surface area contributed by atoms with Crippen LogP contribution in [-0.2, 0) is 0 Å². The van der Waals surface area contributed by atoms with E-state index in [1.807, 2.05) is 0 Å². The van der Waals surface area contributed by atoms with Crippen molar-refractivity contribution in [1.29, 1.82) is 0 Å². The van der Waals surface area contributed by atoms with E-state index >= 15 is 0 Å². The van der Waals surface area contributed by atoms with Crippen molar-refractivity contribution in [3.05, 3.63) is 54.5 Å². The Morgan fingerprint density at radius 3 is 2.91 bits per heavy atom. The largest absolute Gasteiger partial charge is 0.334 e. The molecule has 4 rings (SSSR count). The van der Waals surface area contributed by atoms with Crippen molar-refractivity contribution in [1.82, 2.24) is 24.7 Å². The first-order valence-corrected chi connectivity index (χ1v) is 6.29. The van der Waals surface area contributed by atoms with Crippen molar-refractivity contribution in [3.8, 4) is 22.8 Å². The quantitative estimate of drug-likeness (QED) is 0.569. The summed E-state index contributed by atoms with van der Waals surface area (Å²) in [6, 6.07) is 6.50. The Balaban J connectivity index is 1.78. The predicted octanol–water partition coefficient (Wildman–Crippen LogP) is 2.72. The number of benzene rings is 1. The molecule has 0 atom stereocenters. The summed E-state index contributed by atoms with van der Waals surface area (Å²) in [5, 5.41) is 11.5. The SMILES string of the molecule is Fc1ccc(F)c(-c2nc(-c3ccn4cnnc4c3)no2)c1. The third kappa shape index (κ3) is 2.01. The van der Waals surface area contributed by atoms with Crippen molar-refractivity contribution in [2.24, 2.45) is 0 Å². The average molecular weight is 299 g/mol. The van der Waals surface area contributed by atoms with Crippen molar-refractivity contribution in [2.75, 3.05) is 0 Å². The highest BCUT2D eigenvalue weighted by Gasteiger charge is 2.15. The summed E-state index contributed by atoms with van der Waals surface area (Å²) >= 11 is 0. The van der Waals surface area contributed by atoms with Gasteiger partial charge < -0.3 is 4.52 Å². The number of hydrogen-bond acceptors (Lipinski definition) is 5. The van der Waals surface area contributed by atoms with E-state index in [0.717, 1.165) is 18.2 Å². The Morgan fingerprint density at radius 1 is 1.09 bits per heavy atom. The highest BCUT2D eigenvalue weighted by molar-refractivity contribution is 5.63. The van der Waals surface area contributed by atoms with Crippen LogP contribution in [0.15, 0.2) is 47.4 Å². The van der Waals surface area contributed by atoms with Gasteiger partial charge in [-0.3, -0.25) is 4.40 Å². The smallest absolute Gasteiger partial charge is 0.261 e. The molecule has 0 bridgehead atoms. The number of pyridine rings is 1. The maximum Gasteiger partial charge on any atom is 0.261 e. The lowest BCUT2D eigenvalue weighted by atomic mass is 10.2. The van der Waals surface area contributed by atoms with Gasteiger partial charge in [-0.1, -0.05) is 5.16 Å². The molecule has 0 aliphatic heterocycles. The summed E-state index contributed by atoms with van der Waals surface area (Å²) in [5.41, 5.74) is 1.16. The van der Waals surface area contributed by atoms with Crippen LogP contribution in [-0.4, -0.2) is 24.7 Å². The van der Waals surface area contributed by atoms with Crippen LogP contribution >= 0.6 is 0 Å². The molecule has 108 valence electrons. The molecule has 22 heavy (non-hydrogen) atoms. The van der Waals surface area contributed by atoms with E-state index < -0.39 is 11.6 Å². The molecule has 0 saturated heterocycles. The summed E-state index contributed by atoms with van der Waals surface area (Å²) in [4.78, 5) is 4.10. The van der Waals surface area contributed by atoms with Crippen LogP contribution in [0.4, 0.5) is 8.78 Å². The van der Waals surface area contributed by atoms with Crippen molar-refractivity contribution >= 4 is 5.65 Å². The van der Waals surface area contributed by atoms with E-state index in [0.29, 0.717) is 11.2 Å². The fourth-order valence-electron chi connectivity index (χ4n) is 2.07. The summed E-state index contributed by atoms with van der Waals surface area (Å²) in [7, 11) is 0. The van der Waals surface area contributed by atoms with Gasteiger partial charge in [0.15, 0.2) is 5.65 Å². The highest BCUT2D eigenvalue weighted by Crippen LogP contribution is 2.25. The van der Waals surface area contributed by atoms with Crippen LogP contribution in [0.5, 0.6) is 0 Å². The van der Waals surface area contributed by atoms with Gasteiger partial charge in [-0.15, -0.1) is 10.2 Å². The zero-order valence-electron chi connectivity index (χ0n) is 10.9. The third-order valence-electron chi connectivity index (χ3n) is 3.14. The molecule has 0 aliphatic carbocycles. The first-order chi connectivity index (χ1) is 10.7. The average Bonchev–Trinajstić information content (AvgIpc) is 3.17. The second-order valence-corrected chi connectivity index (χ2v) is 4.56. The van der Waals surface area contributed by atoms with Crippen molar-refractivity contribution in [3.63, 3.8) is 0 Å². The van der Waals surface area contributed by atoms with Gasteiger partial charge in [-0.05, 0) is 30.3 Å². The van der Waals surface area contributed by atoms with E-state index in [-0.39, 0.29) is 17.3 Å². The Hall–Kier alpha value is -3.16. The van der Waals surface area contributed by atoms with Gasteiger partial charge in [0, 0.05) is 11.8 Å². The minimum absolute atomic E-state index is 0.0812. The van der Waals surface area contributed by atoms with E-state index in [1.54, 1.807) is 29.1 Å². The van der Waals surface area contributed by atoms with Crippen LogP contribution in [0.25, 0.3) is 28.5 Å². The monoisotopic (exact) mass is 299 g/mol. The lowest BCUT2D eigenvalue weighted by molar-refractivity contribution is 0.429. The molecule has 0 spiro atoms. The van der Waals surface area contributed by atoms with E-state index in [1.165, 1.54) is 0 Å². The lowest BCUT2D eigenvalue weighted by Gasteiger charge is -1.97. The highest BCUT2D eigenvalue weighted by atomic mass is 19.1. The summed E-state index contributed by atoms with van der Waals surface area (Å²) in [6.45, 7) is 0. The van der Waals surface area contributed by atoms with E-state index in [4.69, 9.17) is 4.52 Å². The van der Waals surface area contributed by atoms with Gasteiger partial charge in [0.25, 0.3) is 5.89 Å². The van der Waals surface area contributed by atoms with Gasteiger partial charge in [-0.25, -0.2) is 8.78 Å². The number of aromatic nitrogens is 5. The van der Waals surface area contributed by atoms with Crippen LogP contribution in [0.3, 0.4) is 0 Å². The first kappa shape index (κ1) is 12.6. The Bertz CT molecular complexity index is 978. The first-order valence-electron chi connectivity index (χ1n) is 6.29. The molecule has 3 heterocycles. The van der Waals surface area contributed by atoms with Gasteiger partial charge in [0.05, 0.1) is 5.56 Å². The predicted molar refractivity (Wildman–Crippen MR) is 71.6 cm³/mol. The lowest BCUT2D eigenvalue weighted by Crippen LogP contribution is -1.88. The minimum Gasteiger partial charge on any atom is -0.334 e. The molecule has 4 aromatic rings. The van der Waals surface area contributed by atoms with Gasteiger partial charge >= 0.3 is 0 Å².